The molecule has 2 saturated heterocycles. The molecule has 216 valence electrons. The zero-order chi connectivity index (χ0) is 29.1. The van der Waals surface area contributed by atoms with E-state index in [2.05, 4.69) is 9.89 Å². The molecule has 1 aromatic heterocycles. The van der Waals surface area contributed by atoms with Crippen LogP contribution in [0.15, 0.2) is 45.8 Å². The normalized spacial score (nSPS) is 22.5. The van der Waals surface area contributed by atoms with E-state index in [4.69, 9.17) is 32.5 Å². The van der Waals surface area contributed by atoms with Crippen LogP contribution in [0.25, 0.3) is 11.3 Å². The van der Waals surface area contributed by atoms with Crippen molar-refractivity contribution in [2.45, 2.75) is 67.5 Å². The Balaban J connectivity index is 1.25. The second-order valence-electron chi connectivity index (χ2n) is 10.5. The van der Waals surface area contributed by atoms with Crippen LogP contribution in [0, 0.1) is 5.82 Å². The summed E-state index contributed by atoms with van der Waals surface area (Å²) in [6, 6.07) is 6.96. The van der Waals surface area contributed by atoms with Gasteiger partial charge in [-0.25, -0.2) is 22.4 Å². The highest BCUT2D eigenvalue weighted by molar-refractivity contribution is 7.89. The van der Waals surface area contributed by atoms with Crippen LogP contribution in [0.1, 0.15) is 70.9 Å². The highest BCUT2D eigenvalue weighted by Gasteiger charge is 2.49. The molecule has 3 atom stereocenters. The third-order valence-electron chi connectivity index (χ3n) is 7.83. The van der Waals surface area contributed by atoms with E-state index >= 15 is 0 Å². The standard InChI is InChI=1S/C28H25Cl2FN2O7S/c1-38-27(34)15-9-16(31)11-20(10-15)41(36,37)33-17-7-8-18(33)13-19(12-17)39-28(35)24-25(32-40-26(24)14-5-6-14)23-21(29)3-2-4-22(23)30/h2-4,9-11,14,17-19H,5-8,12-13H2,1H3/t17-,18+,19+. The van der Waals surface area contributed by atoms with Gasteiger partial charge >= 0.3 is 11.9 Å². The van der Waals surface area contributed by atoms with Crippen molar-refractivity contribution in [3.8, 4) is 11.3 Å². The van der Waals surface area contributed by atoms with Gasteiger partial charge in [0.2, 0.25) is 10.0 Å². The SMILES string of the molecule is COC(=O)c1cc(F)cc(S(=O)(=O)N2[C@@H]3CC[C@H]2C[C@@H](OC(=O)c2c(-c4c(Cl)cccc4Cl)noc2C2CC2)C3)c1. The summed E-state index contributed by atoms with van der Waals surface area (Å²) >= 11 is 12.8. The maximum atomic E-state index is 14.3. The van der Waals surface area contributed by atoms with E-state index in [1.165, 1.54) is 4.31 Å². The summed E-state index contributed by atoms with van der Waals surface area (Å²) in [6.45, 7) is 0. The van der Waals surface area contributed by atoms with Gasteiger partial charge in [0.25, 0.3) is 0 Å². The van der Waals surface area contributed by atoms with Gasteiger partial charge in [-0.15, -0.1) is 0 Å². The molecule has 0 N–H and O–H groups in total. The van der Waals surface area contributed by atoms with Gasteiger partial charge in [0, 0.05) is 36.4 Å². The number of piperidine rings is 1. The van der Waals surface area contributed by atoms with Gasteiger partial charge in [-0.05, 0) is 56.0 Å². The number of carbonyl (C=O) groups is 2. The molecule has 3 fully saturated rings. The van der Waals surface area contributed by atoms with Crippen molar-refractivity contribution in [2.75, 3.05) is 7.11 Å². The van der Waals surface area contributed by atoms with E-state index < -0.39 is 46.0 Å². The quantitative estimate of drug-likeness (QED) is 0.295. The number of benzene rings is 2. The molecule has 41 heavy (non-hydrogen) atoms. The third-order valence-corrected chi connectivity index (χ3v) is 10.4. The highest BCUT2D eigenvalue weighted by Crippen LogP contribution is 2.47. The van der Waals surface area contributed by atoms with Crippen molar-refractivity contribution in [1.82, 2.24) is 9.46 Å². The number of fused-ring (bicyclic) bond motifs is 2. The van der Waals surface area contributed by atoms with Crippen LogP contribution in [-0.4, -0.2) is 55.1 Å². The van der Waals surface area contributed by atoms with Gasteiger partial charge < -0.3 is 14.0 Å². The average Bonchev–Trinajstić information content (AvgIpc) is 3.62. The van der Waals surface area contributed by atoms with E-state index in [9.17, 15) is 22.4 Å². The number of carbonyl (C=O) groups excluding carboxylic acids is 2. The fourth-order valence-electron chi connectivity index (χ4n) is 5.87. The number of halogens is 3. The summed E-state index contributed by atoms with van der Waals surface area (Å²) in [5.41, 5.74) is 0.570. The minimum Gasteiger partial charge on any atom is -0.465 e. The number of ether oxygens (including phenoxy) is 2. The Morgan fingerprint density at radius 3 is 2.29 bits per heavy atom. The van der Waals surface area contributed by atoms with Crippen LogP contribution >= 0.6 is 23.2 Å². The molecular weight excluding hydrogens is 598 g/mol. The van der Waals surface area contributed by atoms with Crippen LogP contribution in [0.2, 0.25) is 10.0 Å². The largest absolute Gasteiger partial charge is 0.465 e. The molecule has 0 unspecified atom stereocenters. The van der Waals surface area contributed by atoms with E-state index in [1.807, 2.05) is 0 Å². The summed E-state index contributed by atoms with van der Waals surface area (Å²) < 4.78 is 59.1. The number of rotatable bonds is 7. The van der Waals surface area contributed by atoms with Gasteiger partial charge in [0.15, 0.2) is 5.76 Å². The van der Waals surface area contributed by atoms with Crippen LogP contribution in [0.3, 0.4) is 0 Å². The Morgan fingerprint density at radius 1 is 1.02 bits per heavy atom. The molecule has 2 bridgehead atoms. The molecular formula is C28H25Cl2FN2O7S. The molecule has 3 aliphatic rings. The van der Waals surface area contributed by atoms with E-state index in [0.717, 1.165) is 38.2 Å². The van der Waals surface area contributed by atoms with Gasteiger partial charge in [-0.2, -0.15) is 4.31 Å². The van der Waals surface area contributed by atoms with Crippen LogP contribution in [0.5, 0.6) is 0 Å². The number of esters is 2. The molecule has 2 aliphatic heterocycles. The van der Waals surface area contributed by atoms with Crippen LogP contribution < -0.4 is 0 Å². The Bertz CT molecular complexity index is 1620. The van der Waals surface area contributed by atoms with E-state index in [1.54, 1.807) is 18.2 Å². The number of hydrogen-bond acceptors (Lipinski definition) is 8. The van der Waals surface area contributed by atoms with Crippen LogP contribution in [0.4, 0.5) is 4.39 Å². The van der Waals surface area contributed by atoms with Crippen molar-refractivity contribution in [2.24, 2.45) is 0 Å². The maximum absolute atomic E-state index is 14.3. The lowest BCUT2D eigenvalue weighted by Crippen LogP contribution is -2.48. The second-order valence-corrected chi connectivity index (χ2v) is 13.2. The van der Waals surface area contributed by atoms with E-state index in [-0.39, 0.29) is 40.5 Å². The average molecular weight is 623 g/mol. The Hall–Kier alpha value is -2.99. The maximum Gasteiger partial charge on any atom is 0.344 e. The summed E-state index contributed by atoms with van der Waals surface area (Å²) in [5.74, 6) is -1.86. The van der Waals surface area contributed by atoms with Crippen LogP contribution in [-0.2, 0) is 19.5 Å². The molecule has 0 spiro atoms. The van der Waals surface area contributed by atoms with Crippen molar-refractivity contribution in [3.63, 3.8) is 0 Å². The molecule has 0 radical (unpaired) electrons. The first kappa shape index (κ1) is 28.1. The predicted molar refractivity (Wildman–Crippen MR) is 146 cm³/mol. The van der Waals surface area contributed by atoms with Gasteiger partial charge in [0.05, 0.1) is 27.6 Å². The van der Waals surface area contributed by atoms with Crippen molar-refractivity contribution in [3.05, 3.63) is 69.1 Å². The first-order valence-electron chi connectivity index (χ1n) is 13.2. The Labute approximate surface area is 245 Å². The smallest absolute Gasteiger partial charge is 0.344 e. The summed E-state index contributed by atoms with van der Waals surface area (Å²) in [4.78, 5) is 25.2. The Morgan fingerprint density at radius 2 is 1.68 bits per heavy atom. The lowest BCUT2D eigenvalue weighted by molar-refractivity contribution is 0.00824. The van der Waals surface area contributed by atoms with Crippen molar-refractivity contribution < 1.29 is 36.4 Å². The first-order chi connectivity index (χ1) is 19.6. The summed E-state index contributed by atoms with van der Waals surface area (Å²) in [6.07, 6.45) is 2.75. The van der Waals surface area contributed by atoms with Gasteiger partial charge in [0.1, 0.15) is 23.2 Å². The molecule has 1 saturated carbocycles. The predicted octanol–water partition coefficient (Wildman–Crippen LogP) is 5.99. The number of methoxy groups -OCH3 is 1. The lowest BCUT2D eigenvalue weighted by Gasteiger charge is -2.37. The number of sulfonamides is 1. The zero-order valence-electron chi connectivity index (χ0n) is 21.8. The highest BCUT2D eigenvalue weighted by atomic mass is 35.5. The topological polar surface area (TPSA) is 116 Å². The molecule has 13 heteroatoms. The van der Waals surface area contributed by atoms with Crippen molar-refractivity contribution >= 4 is 45.2 Å². The first-order valence-corrected chi connectivity index (χ1v) is 15.4. The molecule has 1 aliphatic carbocycles. The second kappa shape index (κ2) is 10.7. The summed E-state index contributed by atoms with van der Waals surface area (Å²) in [7, 11) is -3.02. The molecule has 6 rings (SSSR count). The van der Waals surface area contributed by atoms with E-state index in [0.29, 0.717) is 34.2 Å². The summed E-state index contributed by atoms with van der Waals surface area (Å²) in [5, 5.41) is 4.76. The Kier molecular flexibility index (Phi) is 7.34. The number of aromatic nitrogens is 1. The van der Waals surface area contributed by atoms with Crippen molar-refractivity contribution in [1.29, 1.82) is 0 Å². The molecule has 0 amide bonds. The zero-order valence-corrected chi connectivity index (χ0v) is 24.1. The van der Waals surface area contributed by atoms with Gasteiger partial charge in [-0.1, -0.05) is 34.4 Å². The fourth-order valence-corrected chi connectivity index (χ4v) is 8.40. The minimum absolute atomic E-state index is 0.0457. The third kappa shape index (κ3) is 5.13. The monoisotopic (exact) mass is 622 g/mol. The lowest BCUT2D eigenvalue weighted by atomic mass is 10.0. The molecule has 9 nitrogen and oxygen atoms in total. The fraction of sp³-hybridized carbons (Fsp3) is 0.393. The number of hydrogen-bond donors (Lipinski definition) is 0. The minimum atomic E-state index is -4.15. The van der Waals surface area contributed by atoms with Gasteiger partial charge in [-0.3, -0.25) is 0 Å². The molecule has 3 heterocycles. The number of nitrogens with zero attached hydrogens (tertiary/aromatic N) is 2. The molecule has 2 aromatic carbocycles. The molecule has 3 aromatic rings.